The monoisotopic (exact) mass is 382 g/mol. The first kappa shape index (κ1) is 19.2. The Morgan fingerprint density at radius 1 is 0.821 bits per heavy atom. The number of hydrogen-bond donors (Lipinski definition) is 0. The minimum Gasteiger partial charge on any atom is -0.487 e. The van der Waals surface area contributed by atoms with Crippen LogP contribution in [0, 0.1) is 34.6 Å². The summed E-state index contributed by atoms with van der Waals surface area (Å²) in [5.74, 6) is 1.13. The van der Waals surface area contributed by atoms with E-state index in [0.717, 1.165) is 44.0 Å². The molecule has 152 valence electrons. The fourth-order valence-electron chi connectivity index (χ4n) is 5.11. The molecule has 0 radical (unpaired) electrons. The van der Waals surface area contributed by atoms with E-state index in [2.05, 4.69) is 63.4 Å². The molecule has 2 aromatic rings. The largest absolute Gasteiger partial charge is 0.487 e. The molecule has 4 rings (SSSR count). The highest BCUT2D eigenvalue weighted by Crippen LogP contribution is 2.45. The van der Waals surface area contributed by atoms with Crippen molar-refractivity contribution < 1.29 is 4.74 Å². The Morgan fingerprint density at radius 3 is 1.93 bits per heavy atom. The number of aryl methyl sites for hydroxylation is 2. The quantitative estimate of drug-likeness (QED) is 0.786. The first-order valence-corrected chi connectivity index (χ1v) is 10.4. The maximum Gasteiger partial charge on any atom is 0.127 e. The molecule has 2 aliphatic rings. The Bertz CT molecular complexity index is 933. The molecule has 1 aromatic carbocycles. The number of rotatable bonds is 2. The summed E-state index contributed by atoms with van der Waals surface area (Å²) in [6.07, 6.45) is 0.996. The average Bonchev–Trinajstić information content (AvgIpc) is 3.09. The first-order chi connectivity index (χ1) is 13.1. The third kappa shape index (κ3) is 2.87. The lowest BCUT2D eigenvalue weighted by Gasteiger charge is -2.39. The molecule has 5 heteroatoms. The Labute approximate surface area is 169 Å². The summed E-state index contributed by atoms with van der Waals surface area (Å²) >= 11 is 0. The van der Waals surface area contributed by atoms with Crippen LogP contribution in [0.2, 0.25) is 0 Å². The van der Waals surface area contributed by atoms with E-state index in [9.17, 15) is 0 Å². The molecule has 0 spiro atoms. The van der Waals surface area contributed by atoms with Gasteiger partial charge in [-0.3, -0.25) is 4.68 Å². The highest BCUT2D eigenvalue weighted by molar-refractivity contribution is 5.70. The van der Waals surface area contributed by atoms with Gasteiger partial charge in [-0.25, -0.2) is 0 Å². The van der Waals surface area contributed by atoms with Gasteiger partial charge in [-0.2, -0.15) is 5.10 Å². The highest BCUT2D eigenvalue weighted by atomic mass is 16.5. The van der Waals surface area contributed by atoms with Crippen molar-refractivity contribution in [2.24, 2.45) is 7.05 Å². The molecule has 2 aliphatic heterocycles. The van der Waals surface area contributed by atoms with Crippen molar-refractivity contribution in [1.82, 2.24) is 9.78 Å². The third-order valence-electron chi connectivity index (χ3n) is 6.70. The standard InChI is InChI=1S/C23H34N4O/c1-14-15(2)22-19(13-23(6,7)28-22)16(3)20(14)26-9-11-27(12-10-26)21-17(4)24-25(8)18(21)5/h9-13H2,1-8H3. The van der Waals surface area contributed by atoms with Crippen molar-refractivity contribution in [3.8, 4) is 5.75 Å². The number of benzene rings is 1. The maximum atomic E-state index is 6.30. The lowest BCUT2D eigenvalue weighted by Crippen LogP contribution is -2.47. The van der Waals surface area contributed by atoms with E-state index < -0.39 is 0 Å². The Morgan fingerprint density at radius 2 is 1.39 bits per heavy atom. The van der Waals surface area contributed by atoms with Crippen molar-refractivity contribution in [2.45, 2.75) is 60.5 Å². The van der Waals surface area contributed by atoms with Crippen molar-refractivity contribution in [3.63, 3.8) is 0 Å². The Hall–Kier alpha value is -2.17. The summed E-state index contributed by atoms with van der Waals surface area (Å²) in [6.45, 7) is 19.6. The van der Waals surface area contributed by atoms with Crippen LogP contribution < -0.4 is 14.5 Å². The molecule has 0 saturated carbocycles. The molecule has 1 saturated heterocycles. The number of fused-ring (bicyclic) bond motifs is 1. The van der Waals surface area contributed by atoms with E-state index in [1.807, 2.05) is 11.7 Å². The van der Waals surface area contributed by atoms with E-state index in [0.29, 0.717) is 0 Å². The molecule has 5 nitrogen and oxygen atoms in total. The SMILES string of the molecule is Cc1nn(C)c(C)c1N1CCN(c2c(C)c(C)c3c(c2C)CC(C)(C)O3)CC1. The zero-order valence-electron chi connectivity index (χ0n) is 18.7. The maximum absolute atomic E-state index is 6.30. The summed E-state index contributed by atoms with van der Waals surface area (Å²) in [5, 5.41) is 4.60. The summed E-state index contributed by atoms with van der Waals surface area (Å²) in [4.78, 5) is 5.09. The van der Waals surface area contributed by atoms with Crippen LogP contribution in [0.4, 0.5) is 11.4 Å². The average molecular weight is 383 g/mol. The van der Waals surface area contributed by atoms with Gasteiger partial charge in [0.1, 0.15) is 11.4 Å². The second kappa shape index (κ2) is 6.43. The number of ether oxygens (including phenoxy) is 1. The molecule has 0 aliphatic carbocycles. The van der Waals surface area contributed by atoms with E-state index in [-0.39, 0.29) is 5.60 Å². The van der Waals surface area contributed by atoms with Gasteiger partial charge in [-0.15, -0.1) is 0 Å². The minimum absolute atomic E-state index is 0.100. The molecule has 1 aromatic heterocycles. The molecule has 28 heavy (non-hydrogen) atoms. The second-order valence-corrected chi connectivity index (χ2v) is 9.19. The third-order valence-corrected chi connectivity index (χ3v) is 6.70. The van der Waals surface area contributed by atoms with Gasteiger partial charge >= 0.3 is 0 Å². The van der Waals surface area contributed by atoms with Crippen LogP contribution in [0.1, 0.15) is 47.5 Å². The Balaban J connectivity index is 1.62. The topological polar surface area (TPSA) is 33.5 Å². The van der Waals surface area contributed by atoms with Gasteiger partial charge in [0.05, 0.1) is 17.1 Å². The van der Waals surface area contributed by atoms with E-state index in [4.69, 9.17) is 4.74 Å². The van der Waals surface area contributed by atoms with Crippen LogP contribution in [-0.4, -0.2) is 41.6 Å². The number of anilines is 2. The van der Waals surface area contributed by atoms with Gasteiger partial charge in [0.25, 0.3) is 0 Å². The van der Waals surface area contributed by atoms with Crippen molar-refractivity contribution in [3.05, 3.63) is 33.6 Å². The molecule has 0 unspecified atom stereocenters. The fourth-order valence-corrected chi connectivity index (χ4v) is 5.11. The van der Waals surface area contributed by atoms with Crippen LogP contribution in [0.25, 0.3) is 0 Å². The van der Waals surface area contributed by atoms with Gasteiger partial charge in [-0.05, 0) is 65.2 Å². The fraction of sp³-hybridized carbons (Fsp3) is 0.609. The summed E-state index contributed by atoms with van der Waals surface area (Å²) in [5.41, 5.74) is 10.5. The van der Waals surface area contributed by atoms with E-state index in [1.54, 1.807) is 0 Å². The van der Waals surface area contributed by atoms with Crippen LogP contribution in [0.15, 0.2) is 0 Å². The molecular formula is C23H34N4O. The second-order valence-electron chi connectivity index (χ2n) is 9.19. The number of nitrogens with zero attached hydrogens (tertiary/aromatic N) is 4. The number of hydrogen-bond acceptors (Lipinski definition) is 4. The number of aromatic nitrogens is 2. The molecule has 0 bridgehead atoms. The minimum atomic E-state index is -0.100. The zero-order valence-corrected chi connectivity index (χ0v) is 18.7. The summed E-state index contributed by atoms with van der Waals surface area (Å²) in [6, 6.07) is 0. The molecule has 0 atom stereocenters. The van der Waals surface area contributed by atoms with Crippen LogP contribution >= 0.6 is 0 Å². The van der Waals surface area contributed by atoms with E-state index in [1.165, 1.54) is 39.3 Å². The molecule has 0 N–H and O–H groups in total. The lowest BCUT2D eigenvalue weighted by atomic mass is 9.91. The predicted molar refractivity (Wildman–Crippen MR) is 116 cm³/mol. The molecular weight excluding hydrogens is 348 g/mol. The molecule has 0 amide bonds. The Kier molecular flexibility index (Phi) is 4.40. The highest BCUT2D eigenvalue weighted by Gasteiger charge is 2.35. The molecule has 1 fully saturated rings. The van der Waals surface area contributed by atoms with Gasteiger partial charge in [0.15, 0.2) is 0 Å². The smallest absolute Gasteiger partial charge is 0.127 e. The van der Waals surface area contributed by atoms with Crippen LogP contribution in [0.5, 0.6) is 5.75 Å². The van der Waals surface area contributed by atoms with Gasteiger partial charge in [0, 0.05) is 50.9 Å². The van der Waals surface area contributed by atoms with Crippen LogP contribution in [0.3, 0.4) is 0 Å². The van der Waals surface area contributed by atoms with Crippen molar-refractivity contribution >= 4 is 11.4 Å². The van der Waals surface area contributed by atoms with Gasteiger partial charge in [-0.1, -0.05) is 0 Å². The van der Waals surface area contributed by atoms with E-state index >= 15 is 0 Å². The predicted octanol–water partition coefficient (Wildman–Crippen LogP) is 4.00. The van der Waals surface area contributed by atoms with Crippen molar-refractivity contribution in [1.29, 1.82) is 0 Å². The van der Waals surface area contributed by atoms with Gasteiger partial charge in [0.2, 0.25) is 0 Å². The van der Waals surface area contributed by atoms with Crippen molar-refractivity contribution in [2.75, 3.05) is 36.0 Å². The summed E-state index contributed by atoms with van der Waals surface area (Å²) in [7, 11) is 2.03. The van der Waals surface area contributed by atoms with Gasteiger partial charge < -0.3 is 14.5 Å². The zero-order chi connectivity index (χ0) is 20.4. The number of piperazine rings is 1. The van der Waals surface area contributed by atoms with Crippen LogP contribution in [-0.2, 0) is 13.5 Å². The molecule has 3 heterocycles. The first-order valence-electron chi connectivity index (χ1n) is 10.4. The lowest BCUT2D eigenvalue weighted by molar-refractivity contribution is 0.137. The summed E-state index contributed by atoms with van der Waals surface area (Å²) < 4.78 is 8.29. The normalized spacial score (nSPS) is 18.4.